The third-order valence-electron chi connectivity index (χ3n) is 2.39. The van der Waals surface area contributed by atoms with Crippen LogP contribution in [0.5, 0.6) is 0 Å². The van der Waals surface area contributed by atoms with Crippen LogP contribution in [0.4, 0.5) is 0 Å². The summed E-state index contributed by atoms with van der Waals surface area (Å²) in [5.41, 5.74) is 6.18. The number of primary amides is 1. The molecule has 0 radical (unpaired) electrons. The zero-order chi connectivity index (χ0) is 11.0. The third kappa shape index (κ3) is 1.40. The van der Waals surface area contributed by atoms with E-state index in [0.29, 0.717) is 16.5 Å². The van der Waals surface area contributed by atoms with E-state index in [0.717, 1.165) is 0 Å². The first-order valence-corrected chi connectivity index (χ1v) is 4.52. The van der Waals surface area contributed by atoms with Gasteiger partial charge in [-0.2, -0.15) is 0 Å². The van der Waals surface area contributed by atoms with Gasteiger partial charge in [0.25, 0.3) is 5.91 Å². The third-order valence-corrected chi connectivity index (χ3v) is 2.39. The van der Waals surface area contributed by atoms with Gasteiger partial charge >= 0.3 is 0 Å². The second-order valence-electron chi connectivity index (χ2n) is 3.36. The summed E-state index contributed by atoms with van der Waals surface area (Å²) in [5.74, 6) is -0.615. The first-order valence-electron chi connectivity index (χ1n) is 4.52. The molecule has 0 saturated heterocycles. The van der Waals surface area contributed by atoms with Crippen molar-refractivity contribution >= 4 is 16.8 Å². The highest BCUT2D eigenvalue weighted by Gasteiger charge is 2.11. The molecule has 2 aromatic rings. The fraction of sp³-hybridized carbons (Fsp3) is 0.0909. The summed E-state index contributed by atoms with van der Waals surface area (Å²) < 4.78 is 0. The molecule has 0 bridgehead atoms. The van der Waals surface area contributed by atoms with E-state index in [2.05, 4.69) is 4.98 Å². The van der Waals surface area contributed by atoms with E-state index in [-0.39, 0.29) is 11.1 Å². The Morgan fingerprint density at radius 2 is 2.00 bits per heavy atom. The van der Waals surface area contributed by atoms with Gasteiger partial charge in [-0.3, -0.25) is 9.59 Å². The molecule has 1 heterocycles. The maximum Gasteiger partial charge on any atom is 0.265 e. The van der Waals surface area contributed by atoms with Crippen molar-refractivity contribution in [1.29, 1.82) is 0 Å². The number of para-hydroxylation sites is 1. The second-order valence-corrected chi connectivity index (χ2v) is 3.36. The van der Waals surface area contributed by atoms with Crippen LogP contribution in [0.15, 0.2) is 29.1 Å². The van der Waals surface area contributed by atoms with Gasteiger partial charge in [0, 0.05) is 16.5 Å². The van der Waals surface area contributed by atoms with Gasteiger partial charge in [0.1, 0.15) is 5.69 Å². The van der Waals surface area contributed by atoms with Crippen molar-refractivity contribution in [2.75, 3.05) is 0 Å². The molecule has 2 rings (SSSR count). The molecule has 76 valence electrons. The van der Waals surface area contributed by atoms with E-state index in [1.165, 1.54) is 0 Å². The lowest BCUT2D eigenvalue weighted by atomic mass is 10.1. The smallest absolute Gasteiger partial charge is 0.265 e. The molecule has 4 heteroatoms. The number of hydrogen-bond acceptors (Lipinski definition) is 2. The van der Waals surface area contributed by atoms with Gasteiger partial charge in [-0.05, 0) is 19.1 Å². The quantitative estimate of drug-likeness (QED) is 0.721. The SMILES string of the molecule is Cc1c(C(N)=O)[nH]c2ccccc2c1=O. The Morgan fingerprint density at radius 3 is 2.67 bits per heavy atom. The first-order chi connectivity index (χ1) is 7.11. The molecule has 15 heavy (non-hydrogen) atoms. The molecule has 0 aliphatic heterocycles. The number of aromatic amines is 1. The Kier molecular flexibility index (Phi) is 2.04. The Balaban J connectivity index is 2.95. The summed E-state index contributed by atoms with van der Waals surface area (Å²) in [6, 6.07) is 7.02. The number of benzene rings is 1. The highest BCUT2D eigenvalue weighted by molar-refractivity contribution is 5.95. The lowest BCUT2D eigenvalue weighted by molar-refractivity contribution is 0.0995. The van der Waals surface area contributed by atoms with Crippen molar-refractivity contribution in [3.05, 3.63) is 45.7 Å². The van der Waals surface area contributed by atoms with Crippen LogP contribution in [-0.4, -0.2) is 10.9 Å². The molecular weight excluding hydrogens is 192 g/mol. The van der Waals surface area contributed by atoms with Gasteiger partial charge in [0.2, 0.25) is 0 Å². The lowest BCUT2D eigenvalue weighted by Gasteiger charge is -2.04. The van der Waals surface area contributed by atoms with Crippen LogP contribution in [0.3, 0.4) is 0 Å². The molecule has 1 aromatic carbocycles. The number of amides is 1. The van der Waals surface area contributed by atoms with E-state index >= 15 is 0 Å². The number of H-pyrrole nitrogens is 1. The van der Waals surface area contributed by atoms with Crippen LogP contribution in [0, 0.1) is 6.92 Å². The molecule has 0 saturated carbocycles. The summed E-state index contributed by atoms with van der Waals surface area (Å²) in [7, 11) is 0. The predicted molar refractivity (Wildman–Crippen MR) is 57.8 cm³/mol. The second kappa shape index (κ2) is 3.24. The number of carbonyl (C=O) groups excluding carboxylic acids is 1. The largest absolute Gasteiger partial charge is 0.364 e. The Morgan fingerprint density at radius 1 is 1.33 bits per heavy atom. The van der Waals surface area contributed by atoms with E-state index < -0.39 is 5.91 Å². The van der Waals surface area contributed by atoms with Gasteiger partial charge in [0.15, 0.2) is 5.43 Å². The monoisotopic (exact) mass is 202 g/mol. The van der Waals surface area contributed by atoms with E-state index in [1.807, 2.05) is 0 Å². The molecule has 0 aliphatic carbocycles. The molecule has 1 aromatic heterocycles. The highest BCUT2D eigenvalue weighted by Crippen LogP contribution is 2.09. The number of nitrogens with one attached hydrogen (secondary N) is 1. The number of carbonyl (C=O) groups is 1. The molecule has 1 amide bonds. The van der Waals surface area contributed by atoms with Crippen LogP contribution in [0.2, 0.25) is 0 Å². The standard InChI is InChI=1S/C11H10N2O2/c1-6-9(11(12)15)13-8-5-3-2-4-7(8)10(6)14/h2-5H,1H3,(H2,12,15)(H,13,14). The molecule has 0 spiro atoms. The number of pyridine rings is 1. The summed E-state index contributed by atoms with van der Waals surface area (Å²) in [6.07, 6.45) is 0. The number of aromatic nitrogens is 1. The van der Waals surface area contributed by atoms with E-state index in [4.69, 9.17) is 5.73 Å². The molecule has 0 atom stereocenters. The number of rotatable bonds is 1. The van der Waals surface area contributed by atoms with Crippen LogP contribution in [0.1, 0.15) is 16.1 Å². The van der Waals surface area contributed by atoms with Crippen molar-refractivity contribution in [2.45, 2.75) is 6.92 Å². The molecule has 3 N–H and O–H groups in total. The van der Waals surface area contributed by atoms with Crippen LogP contribution >= 0.6 is 0 Å². The summed E-state index contributed by atoms with van der Waals surface area (Å²) in [4.78, 5) is 25.8. The average Bonchev–Trinajstić information content (AvgIpc) is 2.23. The van der Waals surface area contributed by atoms with Crippen molar-refractivity contribution in [2.24, 2.45) is 5.73 Å². The van der Waals surface area contributed by atoms with Gasteiger partial charge < -0.3 is 10.7 Å². The van der Waals surface area contributed by atoms with Crippen molar-refractivity contribution in [3.8, 4) is 0 Å². The minimum absolute atomic E-state index is 0.154. The van der Waals surface area contributed by atoms with Gasteiger partial charge in [-0.15, -0.1) is 0 Å². The normalized spacial score (nSPS) is 10.5. The molecule has 0 aliphatic rings. The minimum Gasteiger partial charge on any atom is -0.364 e. The lowest BCUT2D eigenvalue weighted by Crippen LogP contribution is -2.20. The number of fused-ring (bicyclic) bond motifs is 1. The maximum absolute atomic E-state index is 11.8. The molecule has 4 nitrogen and oxygen atoms in total. The van der Waals surface area contributed by atoms with Crippen molar-refractivity contribution in [3.63, 3.8) is 0 Å². The Bertz CT molecular complexity index is 599. The first kappa shape index (κ1) is 9.45. The zero-order valence-corrected chi connectivity index (χ0v) is 8.20. The van der Waals surface area contributed by atoms with Crippen molar-refractivity contribution < 1.29 is 4.79 Å². The Labute approximate surface area is 85.7 Å². The summed E-state index contributed by atoms with van der Waals surface area (Å²) in [5, 5.41) is 0.569. The molecule has 0 unspecified atom stereocenters. The fourth-order valence-corrected chi connectivity index (χ4v) is 1.58. The number of hydrogen-bond donors (Lipinski definition) is 2. The highest BCUT2D eigenvalue weighted by atomic mass is 16.1. The minimum atomic E-state index is -0.615. The van der Waals surface area contributed by atoms with E-state index in [9.17, 15) is 9.59 Å². The molecular formula is C11H10N2O2. The number of nitrogens with two attached hydrogens (primary N) is 1. The summed E-state index contributed by atoms with van der Waals surface area (Å²) >= 11 is 0. The van der Waals surface area contributed by atoms with Crippen LogP contribution in [-0.2, 0) is 0 Å². The fourth-order valence-electron chi connectivity index (χ4n) is 1.58. The Hall–Kier alpha value is -2.10. The predicted octanol–water partition coefficient (Wildman–Crippen LogP) is 0.935. The van der Waals surface area contributed by atoms with Gasteiger partial charge in [-0.1, -0.05) is 12.1 Å². The maximum atomic E-state index is 11.8. The van der Waals surface area contributed by atoms with Crippen LogP contribution < -0.4 is 11.2 Å². The summed E-state index contributed by atoms with van der Waals surface area (Å²) in [6.45, 7) is 1.59. The van der Waals surface area contributed by atoms with Crippen LogP contribution in [0.25, 0.3) is 10.9 Å². The van der Waals surface area contributed by atoms with E-state index in [1.54, 1.807) is 31.2 Å². The average molecular weight is 202 g/mol. The topological polar surface area (TPSA) is 76.0 Å². The zero-order valence-electron chi connectivity index (χ0n) is 8.20. The molecule has 0 fully saturated rings. The van der Waals surface area contributed by atoms with Gasteiger partial charge in [0.05, 0.1) is 0 Å². The van der Waals surface area contributed by atoms with Gasteiger partial charge in [-0.25, -0.2) is 0 Å². The van der Waals surface area contributed by atoms with Crippen molar-refractivity contribution in [1.82, 2.24) is 4.98 Å².